The van der Waals surface area contributed by atoms with Gasteiger partial charge in [0.1, 0.15) is 11.6 Å². The maximum Gasteiger partial charge on any atom is 0.244 e. The van der Waals surface area contributed by atoms with E-state index >= 15 is 0 Å². The quantitative estimate of drug-likeness (QED) is 0.594. The Morgan fingerprint density at radius 2 is 1.42 bits per heavy atom. The van der Waals surface area contributed by atoms with E-state index in [0.29, 0.717) is 35.6 Å². The van der Waals surface area contributed by atoms with Gasteiger partial charge in [0.25, 0.3) is 0 Å². The highest BCUT2D eigenvalue weighted by Crippen LogP contribution is 2.33. The van der Waals surface area contributed by atoms with Crippen LogP contribution in [0.5, 0.6) is 0 Å². The number of benzene rings is 2. The van der Waals surface area contributed by atoms with Crippen molar-refractivity contribution in [2.75, 3.05) is 0 Å². The SMILES string of the molecule is CCn1c[n+](CC)c(-c2ccccc2F)c1-c1ccccc1F.[Br-]. The Balaban J connectivity index is 0.00000208. The molecule has 2 aromatic carbocycles. The number of hydrogen-bond donors (Lipinski definition) is 0. The molecule has 126 valence electrons. The summed E-state index contributed by atoms with van der Waals surface area (Å²) in [5.74, 6) is -0.609. The van der Waals surface area contributed by atoms with Gasteiger partial charge in [-0.15, -0.1) is 0 Å². The van der Waals surface area contributed by atoms with Crippen LogP contribution in [0.3, 0.4) is 0 Å². The van der Waals surface area contributed by atoms with Gasteiger partial charge < -0.3 is 17.0 Å². The molecule has 0 radical (unpaired) electrons. The van der Waals surface area contributed by atoms with Crippen molar-refractivity contribution in [2.45, 2.75) is 26.9 Å². The van der Waals surface area contributed by atoms with Gasteiger partial charge in [0.2, 0.25) is 6.33 Å². The van der Waals surface area contributed by atoms with Gasteiger partial charge in [0, 0.05) is 0 Å². The second-order valence-electron chi connectivity index (χ2n) is 5.34. The number of halogens is 3. The number of imidazole rings is 1. The molecule has 5 heteroatoms. The second-order valence-corrected chi connectivity index (χ2v) is 5.34. The zero-order valence-corrected chi connectivity index (χ0v) is 15.2. The molecule has 0 aliphatic heterocycles. The van der Waals surface area contributed by atoms with Gasteiger partial charge in [-0.25, -0.2) is 17.9 Å². The molecule has 0 spiro atoms. The molecule has 0 amide bonds. The molecule has 0 fully saturated rings. The molecule has 1 heterocycles. The van der Waals surface area contributed by atoms with E-state index in [-0.39, 0.29) is 28.6 Å². The first kappa shape index (κ1) is 18.3. The van der Waals surface area contributed by atoms with Crippen molar-refractivity contribution in [3.05, 3.63) is 66.5 Å². The summed E-state index contributed by atoms with van der Waals surface area (Å²) in [7, 11) is 0. The van der Waals surface area contributed by atoms with Gasteiger partial charge >= 0.3 is 0 Å². The van der Waals surface area contributed by atoms with Gasteiger partial charge in [0.05, 0.1) is 24.2 Å². The van der Waals surface area contributed by atoms with E-state index in [1.165, 1.54) is 12.1 Å². The van der Waals surface area contributed by atoms with E-state index in [1.807, 2.05) is 29.3 Å². The monoisotopic (exact) mass is 392 g/mol. The molecule has 1 aromatic heterocycles. The van der Waals surface area contributed by atoms with E-state index < -0.39 is 0 Å². The summed E-state index contributed by atoms with van der Waals surface area (Å²) in [5.41, 5.74) is 2.38. The minimum Gasteiger partial charge on any atom is -1.00 e. The number of hydrogen-bond acceptors (Lipinski definition) is 0. The lowest BCUT2D eigenvalue weighted by Gasteiger charge is -2.06. The summed E-state index contributed by atoms with van der Waals surface area (Å²) in [6, 6.07) is 13.3. The predicted molar refractivity (Wildman–Crippen MR) is 86.8 cm³/mol. The molecule has 0 atom stereocenters. The molecule has 0 N–H and O–H groups in total. The molecule has 0 saturated carbocycles. The van der Waals surface area contributed by atoms with E-state index in [9.17, 15) is 8.78 Å². The molecule has 0 aliphatic rings. The highest BCUT2D eigenvalue weighted by atomic mass is 79.9. The van der Waals surface area contributed by atoms with Crippen LogP contribution in [0.2, 0.25) is 0 Å². The topological polar surface area (TPSA) is 8.81 Å². The van der Waals surface area contributed by atoms with Crippen LogP contribution in [-0.2, 0) is 13.1 Å². The van der Waals surface area contributed by atoms with Gasteiger partial charge in [-0.2, -0.15) is 0 Å². The van der Waals surface area contributed by atoms with Gasteiger partial charge in [-0.3, -0.25) is 0 Å². The van der Waals surface area contributed by atoms with Gasteiger partial charge in [0.15, 0.2) is 11.4 Å². The third kappa shape index (κ3) is 3.13. The lowest BCUT2D eigenvalue weighted by atomic mass is 10.0. The normalized spacial score (nSPS) is 10.5. The molecule has 0 unspecified atom stereocenters. The number of nitrogens with zero attached hydrogens (tertiary/aromatic N) is 2. The molecule has 3 aromatic rings. The Hall–Kier alpha value is -2.01. The summed E-state index contributed by atoms with van der Waals surface area (Å²) in [5, 5.41) is 0. The summed E-state index contributed by atoms with van der Waals surface area (Å²) in [6.07, 6.45) is 1.92. The average molecular weight is 393 g/mol. The molecule has 2 nitrogen and oxygen atoms in total. The fraction of sp³-hybridized carbons (Fsp3) is 0.211. The Kier molecular flexibility index (Phi) is 5.89. The minimum absolute atomic E-state index is 0. The highest BCUT2D eigenvalue weighted by molar-refractivity contribution is 5.77. The average Bonchev–Trinajstić information content (AvgIpc) is 2.94. The van der Waals surface area contributed by atoms with Crippen LogP contribution >= 0.6 is 0 Å². The third-order valence-electron chi connectivity index (χ3n) is 4.02. The van der Waals surface area contributed by atoms with Crippen LogP contribution in [0, 0.1) is 11.6 Å². The van der Waals surface area contributed by atoms with Crippen LogP contribution < -0.4 is 21.5 Å². The van der Waals surface area contributed by atoms with E-state index in [2.05, 4.69) is 0 Å². The maximum absolute atomic E-state index is 14.4. The summed E-state index contributed by atoms with van der Waals surface area (Å²) < 4.78 is 32.7. The van der Waals surface area contributed by atoms with Crippen molar-refractivity contribution in [1.29, 1.82) is 0 Å². The van der Waals surface area contributed by atoms with E-state index in [4.69, 9.17) is 0 Å². The van der Waals surface area contributed by atoms with Crippen molar-refractivity contribution in [2.24, 2.45) is 0 Å². The third-order valence-corrected chi connectivity index (χ3v) is 4.02. The zero-order valence-electron chi connectivity index (χ0n) is 13.6. The molecule has 0 aliphatic carbocycles. The Morgan fingerprint density at radius 3 is 1.92 bits per heavy atom. The smallest absolute Gasteiger partial charge is 0.244 e. The number of rotatable bonds is 4. The van der Waals surface area contributed by atoms with Crippen LogP contribution in [0.4, 0.5) is 8.78 Å². The van der Waals surface area contributed by atoms with Crippen molar-refractivity contribution in [1.82, 2.24) is 4.57 Å². The van der Waals surface area contributed by atoms with Crippen LogP contribution in [0.1, 0.15) is 13.8 Å². The van der Waals surface area contributed by atoms with Crippen LogP contribution in [-0.4, -0.2) is 4.57 Å². The Labute approximate surface area is 151 Å². The standard InChI is InChI=1S/C19H19F2N2.BrH/c1-3-22-13-23(4-2)19(15-10-6-8-12-17(15)21)18(22)14-9-5-7-11-16(14)20;/h5-13H,3-4H2,1-2H3;1H/q+1;/p-1. The van der Waals surface area contributed by atoms with Crippen LogP contribution in [0.25, 0.3) is 22.5 Å². The van der Waals surface area contributed by atoms with Crippen molar-refractivity contribution in [3.63, 3.8) is 0 Å². The number of aryl methyl sites for hydroxylation is 2. The van der Waals surface area contributed by atoms with E-state index in [1.54, 1.807) is 36.4 Å². The Morgan fingerprint density at radius 1 is 0.875 bits per heavy atom. The zero-order chi connectivity index (χ0) is 16.4. The first-order valence-electron chi connectivity index (χ1n) is 7.79. The summed E-state index contributed by atoms with van der Waals surface area (Å²) >= 11 is 0. The predicted octanol–water partition coefficient (Wildman–Crippen LogP) is 1.43. The first-order valence-corrected chi connectivity index (χ1v) is 7.79. The van der Waals surface area contributed by atoms with Crippen molar-refractivity contribution >= 4 is 0 Å². The summed E-state index contributed by atoms with van der Waals surface area (Å²) in [6.45, 7) is 5.35. The number of aromatic nitrogens is 2. The largest absolute Gasteiger partial charge is 1.00 e. The van der Waals surface area contributed by atoms with Gasteiger partial charge in [-0.1, -0.05) is 24.3 Å². The van der Waals surface area contributed by atoms with Crippen molar-refractivity contribution in [3.8, 4) is 22.5 Å². The second kappa shape index (κ2) is 7.71. The van der Waals surface area contributed by atoms with Crippen LogP contribution in [0.15, 0.2) is 54.9 Å². The first-order chi connectivity index (χ1) is 11.2. The highest BCUT2D eigenvalue weighted by Gasteiger charge is 2.28. The fourth-order valence-corrected chi connectivity index (χ4v) is 2.91. The molecular formula is C19H19BrF2N2. The van der Waals surface area contributed by atoms with Gasteiger partial charge in [-0.05, 0) is 38.1 Å². The minimum atomic E-state index is -0.304. The molecule has 0 bridgehead atoms. The Bertz CT molecular complexity index is 775. The molecular weight excluding hydrogens is 374 g/mol. The molecule has 3 rings (SSSR count). The van der Waals surface area contributed by atoms with Crippen molar-refractivity contribution < 1.29 is 30.3 Å². The maximum atomic E-state index is 14.4. The summed E-state index contributed by atoms with van der Waals surface area (Å²) in [4.78, 5) is 0. The lowest BCUT2D eigenvalue weighted by Crippen LogP contribution is -3.00. The fourth-order valence-electron chi connectivity index (χ4n) is 2.91. The lowest BCUT2D eigenvalue weighted by molar-refractivity contribution is -0.682. The molecule has 0 saturated heterocycles. The van der Waals surface area contributed by atoms with E-state index in [0.717, 1.165) is 0 Å². The molecule has 24 heavy (non-hydrogen) atoms.